The zero-order valence-corrected chi connectivity index (χ0v) is 8.84. The SMILES string of the molecule is NNC(=NC1CC1)C1CCCCCC1. The summed E-state index contributed by atoms with van der Waals surface area (Å²) >= 11 is 0. The van der Waals surface area contributed by atoms with Crippen molar-refractivity contribution in [3.05, 3.63) is 0 Å². The van der Waals surface area contributed by atoms with Crippen LogP contribution < -0.4 is 11.3 Å². The Morgan fingerprint density at radius 2 is 1.64 bits per heavy atom. The molecule has 3 nitrogen and oxygen atoms in total. The molecular formula is C11H21N3. The van der Waals surface area contributed by atoms with Gasteiger partial charge in [-0.1, -0.05) is 25.7 Å². The molecule has 0 aliphatic heterocycles. The Bertz CT molecular complexity index is 201. The van der Waals surface area contributed by atoms with Crippen LogP contribution in [-0.4, -0.2) is 11.9 Å². The summed E-state index contributed by atoms with van der Waals surface area (Å²) < 4.78 is 0. The van der Waals surface area contributed by atoms with Gasteiger partial charge in [0.05, 0.1) is 6.04 Å². The largest absolute Gasteiger partial charge is 0.312 e. The second-order valence-corrected chi connectivity index (χ2v) is 4.58. The van der Waals surface area contributed by atoms with Crippen molar-refractivity contribution in [2.45, 2.75) is 57.4 Å². The molecule has 0 unspecified atom stereocenters. The van der Waals surface area contributed by atoms with E-state index in [0.29, 0.717) is 12.0 Å². The van der Waals surface area contributed by atoms with E-state index in [0.717, 1.165) is 5.84 Å². The predicted octanol–water partition coefficient (Wildman–Crippen LogP) is 1.98. The van der Waals surface area contributed by atoms with Gasteiger partial charge in [0.15, 0.2) is 0 Å². The van der Waals surface area contributed by atoms with E-state index in [4.69, 9.17) is 5.84 Å². The van der Waals surface area contributed by atoms with E-state index in [2.05, 4.69) is 10.4 Å². The van der Waals surface area contributed by atoms with Gasteiger partial charge in [0.2, 0.25) is 0 Å². The number of hydrogen-bond acceptors (Lipinski definition) is 2. The van der Waals surface area contributed by atoms with Gasteiger partial charge in [-0.25, -0.2) is 5.84 Å². The topological polar surface area (TPSA) is 50.4 Å². The van der Waals surface area contributed by atoms with E-state index in [9.17, 15) is 0 Å². The lowest BCUT2D eigenvalue weighted by Gasteiger charge is -2.16. The highest BCUT2D eigenvalue weighted by Crippen LogP contribution is 2.27. The van der Waals surface area contributed by atoms with E-state index in [1.165, 1.54) is 51.4 Å². The summed E-state index contributed by atoms with van der Waals surface area (Å²) in [6.07, 6.45) is 10.5. The van der Waals surface area contributed by atoms with Gasteiger partial charge >= 0.3 is 0 Å². The zero-order valence-electron chi connectivity index (χ0n) is 8.84. The third-order valence-electron chi connectivity index (χ3n) is 3.26. The Morgan fingerprint density at radius 1 is 1.00 bits per heavy atom. The molecule has 0 amide bonds. The summed E-state index contributed by atoms with van der Waals surface area (Å²) in [5, 5.41) is 0. The maximum absolute atomic E-state index is 5.55. The smallest absolute Gasteiger partial charge is 0.114 e. The number of rotatable bonds is 2. The third-order valence-corrected chi connectivity index (χ3v) is 3.26. The van der Waals surface area contributed by atoms with Crippen molar-refractivity contribution < 1.29 is 0 Å². The zero-order chi connectivity index (χ0) is 9.80. The standard InChI is InChI=1S/C11H21N3/c12-14-11(13-10-7-8-10)9-5-3-1-2-4-6-9/h9-10H,1-8,12H2,(H,13,14). The average Bonchev–Trinajstić information content (AvgIpc) is 3.01. The van der Waals surface area contributed by atoms with Crippen molar-refractivity contribution in [3.63, 3.8) is 0 Å². The highest BCUT2D eigenvalue weighted by atomic mass is 15.3. The molecule has 0 saturated heterocycles. The molecule has 2 saturated carbocycles. The second kappa shape index (κ2) is 4.78. The lowest BCUT2D eigenvalue weighted by atomic mass is 9.99. The summed E-state index contributed by atoms with van der Waals surface area (Å²) in [5.41, 5.74) is 2.82. The Hall–Kier alpha value is -0.570. The minimum Gasteiger partial charge on any atom is -0.312 e. The quantitative estimate of drug-likeness (QED) is 0.233. The molecular weight excluding hydrogens is 174 g/mol. The van der Waals surface area contributed by atoms with Crippen molar-refractivity contribution in [1.82, 2.24) is 5.43 Å². The minimum absolute atomic E-state index is 0.587. The van der Waals surface area contributed by atoms with E-state index in [-0.39, 0.29) is 0 Å². The number of nitrogens with one attached hydrogen (secondary N) is 1. The molecule has 14 heavy (non-hydrogen) atoms. The Labute approximate surface area is 86.1 Å². The van der Waals surface area contributed by atoms with Gasteiger partial charge in [-0.3, -0.25) is 4.99 Å². The van der Waals surface area contributed by atoms with Crippen LogP contribution in [0.4, 0.5) is 0 Å². The Morgan fingerprint density at radius 3 is 2.14 bits per heavy atom. The van der Waals surface area contributed by atoms with Crippen molar-refractivity contribution in [2.75, 3.05) is 0 Å². The molecule has 2 aliphatic rings. The second-order valence-electron chi connectivity index (χ2n) is 4.58. The highest BCUT2D eigenvalue weighted by molar-refractivity contribution is 5.84. The number of aliphatic imine (C=N–C) groups is 1. The monoisotopic (exact) mass is 195 g/mol. The predicted molar refractivity (Wildman–Crippen MR) is 59.0 cm³/mol. The van der Waals surface area contributed by atoms with Crippen LogP contribution in [-0.2, 0) is 0 Å². The van der Waals surface area contributed by atoms with Gasteiger partial charge in [-0.15, -0.1) is 0 Å². The van der Waals surface area contributed by atoms with Crippen LogP contribution in [0.15, 0.2) is 4.99 Å². The molecule has 0 aromatic carbocycles. The molecule has 0 atom stereocenters. The summed E-state index contributed by atoms with van der Waals surface area (Å²) in [5.74, 6) is 7.24. The number of amidine groups is 1. The molecule has 0 aromatic heterocycles. The first-order valence-electron chi connectivity index (χ1n) is 5.94. The molecule has 80 valence electrons. The van der Waals surface area contributed by atoms with Crippen LogP contribution in [0.25, 0.3) is 0 Å². The Kier molecular flexibility index (Phi) is 3.40. The third kappa shape index (κ3) is 2.71. The van der Waals surface area contributed by atoms with Crippen LogP contribution in [0, 0.1) is 5.92 Å². The molecule has 2 fully saturated rings. The highest BCUT2D eigenvalue weighted by Gasteiger charge is 2.24. The van der Waals surface area contributed by atoms with Crippen molar-refractivity contribution in [3.8, 4) is 0 Å². The van der Waals surface area contributed by atoms with Crippen molar-refractivity contribution in [2.24, 2.45) is 16.8 Å². The summed E-state index contributed by atoms with van der Waals surface area (Å²) in [6.45, 7) is 0. The molecule has 2 rings (SSSR count). The summed E-state index contributed by atoms with van der Waals surface area (Å²) in [7, 11) is 0. The first-order chi connectivity index (χ1) is 6.90. The molecule has 0 radical (unpaired) electrons. The molecule has 3 heteroatoms. The van der Waals surface area contributed by atoms with Gasteiger partial charge in [-0.05, 0) is 25.7 Å². The fraction of sp³-hybridized carbons (Fsp3) is 0.909. The first-order valence-corrected chi connectivity index (χ1v) is 5.94. The molecule has 0 heterocycles. The van der Waals surface area contributed by atoms with Gasteiger partial charge in [0.25, 0.3) is 0 Å². The van der Waals surface area contributed by atoms with Crippen LogP contribution >= 0.6 is 0 Å². The lowest BCUT2D eigenvalue weighted by molar-refractivity contribution is 0.571. The van der Waals surface area contributed by atoms with Crippen LogP contribution in [0.1, 0.15) is 51.4 Å². The summed E-state index contributed by atoms with van der Waals surface area (Å²) in [4.78, 5) is 4.65. The minimum atomic E-state index is 0.587. The molecule has 2 aliphatic carbocycles. The van der Waals surface area contributed by atoms with Gasteiger partial charge in [-0.2, -0.15) is 0 Å². The lowest BCUT2D eigenvalue weighted by Crippen LogP contribution is -2.36. The maximum Gasteiger partial charge on any atom is 0.114 e. The number of nitrogens with zero attached hydrogens (tertiary/aromatic N) is 1. The fourth-order valence-electron chi connectivity index (χ4n) is 2.21. The number of hydrogen-bond donors (Lipinski definition) is 2. The Balaban J connectivity index is 1.94. The maximum atomic E-state index is 5.55. The fourth-order valence-corrected chi connectivity index (χ4v) is 2.21. The first kappa shape index (κ1) is 9.97. The normalized spacial score (nSPS) is 25.9. The van der Waals surface area contributed by atoms with Crippen molar-refractivity contribution in [1.29, 1.82) is 0 Å². The van der Waals surface area contributed by atoms with Crippen LogP contribution in [0.3, 0.4) is 0 Å². The average molecular weight is 195 g/mol. The van der Waals surface area contributed by atoms with E-state index in [1.807, 2.05) is 0 Å². The molecule has 0 bridgehead atoms. The van der Waals surface area contributed by atoms with Gasteiger partial charge < -0.3 is 5.43 Å². The van der Waals surface area contributed by atoms with Gasteiger partial charge in [0, 0.05) is 5.92 Å². The van der Waals surface area contributed by atoms with Crippen LogP contribution in [0.5, 0.6) is 0 Å². The molecule has 3 N–H and O–H groups in total. The number of hydrazine groups is 1. The van der Waals surface area contributed by atoms with Gasteiger partial charge in [0.1, 0.15) is 5.84 Å². The molecule has 0 spiro atoms. The van der Waals surface area contributed by atoms with E-state index < -0.39 is 0 Å². The summed E-state index contributed by atoms with van der Waals surface area (Å²) in [6, 6.07) is 0.587. The van der Waals surface area contributed by atoms with E-state index in [1.54, 1.807) is 0 Å². The van der Waals surface area contributed by atoms with Crippen molar-refractivity contribution >= 4 is 5.84 Å². The van der Waals surface area contributed by atoms with E-state index >= 15 is 0 Å². The molecule has 0 aromatic rings. The van der Waals surface area contributed by atoms with Crippen LogP contribution in [0.2, 0.25) is 0 Å². The number of nitrogens with two attached hydrogens (primary N) is 1.